The molecule has 0 fully saturated rings. The first-order chi connectivity index (χ1) is 9.08. The summed E-state index contributed by atoms with van der Waals surface area (Å²) in [5, 5.41) is 3.61. The number of pyridine rings is 1. The van der Waals surface area contributed by atoms with Crippen molar-refractivity contribution >= 4 is 11.6 Å². The molecule has 0 amide bonds. The Balaban J connectivity index is 2.08. The van der Waals surface area contributed by atoms with Crippen LogP contribution in [0.3, 0.4) is 0 Å². The minimum absolute atomic E-state index is 0.0845. The van der Waals surface area contributed by atoms with Gasteiger partial charge >= 0.3 is 0 Å². The summed E-state index contributed by atoms with van der Waals surface area (Å²) in [4.78, 5) is 4.00. The van der Waals surface area contributed by atoms with Crippen LogP contribution in [0.2, 0.25) is 5.02 Å². The van der Waals surface area contributed by atoms with Crippen LogP contribution in [0.1, 0.15) is 37.1 Å². The van der Waals surface area contributed by atoms with Gasteiger partial charge in [0.2, 0.25) is 0 Å². The summed E-state index contributed by atoms with van der Waals surface area (Å²) in [6, 6.07) is 9.02. The molecule has 1 N–H and O–H groups in total. The number of hydrogen-bond donors (Lipinski definition) is 1. The standard InChI is InChI=1S/C15H16ClFN2/c1-10(12-5-7-18-8-6-12)19-11(2)13-3-4-15(17)14(16)9-13/h3-11,19H,1-2H3/t10-,11?/m0/s1. The van der Waals surface area contributed by atoms with Crippen molar-refractivity contribution in [1.82, 2.24) is 10.3 Å². The molecule has 0 spiro atoms. The first-order valence-electron chi connectivity index (χ1n) is 6.19. The molecular formula is C15H16ClFN2. The van der Waals surface area contributed by atoms with Crippen molar-refractivity contribution < 1.29 is 4.39 Å². The molecule has 1 heterocycles. The molecule has 0 bridgehead atoms. The molecule has 0 aliphatic rings. The lowest BCUT2D eigenvalue weighted by Gasteiger charge is -2.21. The lowest BCUT2D eigenvalue weighted by Crippen LogP contribution is -2.22. The van der Waals surface area contributed by atoms with E-state index < -0.39 is 0 Å². The molecule has 0 saturated carbocycles. The average Bonchev–Trinajstić information content (AvgIpc) is 2.42. The Labute approximate surface area is 117 Å². The third-order valence-corrected chi connectivity index (χ3v) is 3.44. The maximum atomic E-state index is 13.1. The highest BCUT2D eigenvalue weighted by atomic mass is 35.5. The lowest BCUT2D eigenvalue weighted by atomic mass is 10.1. The summed E-state index contributed by atoms with van der Waals surface area (Å²) in [6.07, 6.45) is 3.54. The monoisotopic (exact) mass is 278 g/mol. The van der Waals surface area contributed by atoms with Crippen molar-refractivity contribution in [2.75, 3.05) is 0 Å². The first-order valence-corrected chi connectivity index (χ1v) is 6.56. The Kier molecular flexibility index (Phi) is 4.51. The summed E-state index contributed by atoms with van der Waals surface area (Å²) in [6.45, 7) is 4.11. The van der Waals surface area contributed by atoms with Gasteiger partial charge in [0, 0.05) is 24.5 Å². The predicted octanol–water partition coefficient (Wildman–Crippen LogP) is 4.29. The average molecular weight is 279 g/mol. The zero-order chi connectivity index (χ0) is 13.8. The van der Waals surface area contributed by atoms with E-state index in [1.54, 1.807) is 24.5 Å². The summed E-state index contributed by atoms with van der Waals surface area (Å²) < 4.78 is 13.1. The summed E-state index contributed by atoms with van der Waals surface area (Å²) in [5.41, 5.74) is 2.13. The molecule has 1 aromatic carbocycles. The number of rotatable bonds is 4. The molecule has 0 radical (unpaired) electrons. The van der Waals surface area contributed by atoms with Crippen molar-refractivity contribution in [2.24, 2.45) is 0 Å². The van der Waals surface area contributed by atoms with E-state index in [1.165, 1.54) is 6.07 Å². The van der Waals surface area contributed by atoms with Gasteiger partial charge in [-0.15, -0.1) is 0 Å². The molecule has 0 saturated heterocycles. The highest BCUT2D eigenvalue weighted by Crippen LogP contribution is 2.23. The Hall–Kier alpha value is -1.45. The van der Waals surface area contributed by atoms with Crippen LogP contribution in [-0.4, -0.2) is 4.98 Å². The molecule has 2 atom stereocenters. The van der Waals surface area contributed by atoms with Crippen LogP contribution in [0.15, 0.2) is 42.7 Å². The second-order valence-corrected chi connectivity index (χ2v) is 4.97. The van der Waals surface area contributed by atoms with Gasteiger partial charge in [0.15, 0.2) is 0 Å². The number of aromatic nitrogens is 1. The number of benzene rings is 1. The predicted molar refractivity (Wildman–Crippen MR) is 75.6 cm³/mol. The highest BCUT2D eigenvalue weighted by Gasteiger charge is 2.12. The first kappa shape index (κ1) is 14.0. The molecule has 4 heteroatoms. The normalized spacial score (nSPS) is 14.1. The maximum Gasteiger partial charge on any atom is 0.141 e. The van der Waals surface area contributed by atoms with E-state index in [1.807, 2.05) is 19.1 Å². The van der Waals surface area contributed by atoms with Gasteiger partial charge < -0.3 is 5.32 Å². The van der Waals surface area contributed by atoms with Crippen LogP contribution in [0, 0.1) is 5.82 Å². The number of nitrogens with one attached hydrogen (secondary N) is 1. The maximum absolute atomic E-state index is 13.1. The van der Waals surface area contributed by atoms with E-state index >= 15 is 0 Å². The van der Waals surface area contributed by atoms with E-state index in [0.29, 0.717) is 0 Å². The van der Waals surface area contributed by atoms with Gasteiger partial charge in [0.1, 0.15) is 5.82 Å². The van der Waals surface area contributed by atoms with E-state index in [2.05, 4.69) is 17.2 Å². The number of hydrogen-bond acceptors (Lipinski definition) is 2. The van der Waals surface area contributed by atoms with Crippen LogP contribution >= 0.6 is 11.6 Å². The second-order valence-electron chi connectivity index (χ2n) is 4.56. The van der Waals surface area contributed by atoms with Gasteiger partial charge in [0.05, 0.1) is 5.02 Å². The second kappa shape index (κ2) is 6.13. The zero-order valence-electron chi connectivity index (χ0n) is 10.9. The van der Waals surface area contributed by atoms with Crippen molar-refractivity contribution in [3.63, 3.8) is 0 Å². The minimum Gasteiger partial charge on any atom is -0.304 e. The van der Waals surface area contributed by atoms with E-state index in [-0.39, 0.29) is 22.9 Å². The van der Waals surface area contributed by atoms with Gasteiger partial charge in [-0.25, -0.2) is 4.39 Å². The molecule has 100 valence electrons. The fourth-order valence-electron chi connectivity index (χ4n) is 2.00. The van der Waals surface area contributed by atoms with Crippen molar-refractivity contribution in [1.29, 1.82) is 0 Å². The molecule has 2 aromatic rings. The minimum atomic E-state index is -0.389. The third-order valence-electron chi connectivity index (χ3n) is 3.15. The molecular weight excluding hydrogens is 263 g/mol. The van der Waals surface area contributed by atoms with Crippen LogP contribution in [0.5, 0.6) is 0 Å². The lowest BCUT2D eigenvalue weighted by molar-refractivity contribution is 0.493. The van der Waals surface area contributed by atoms with Gasteiger partial charge in [-0.2, -0.15) is 0 Å². The third kappa shape index (κ3) is 3.52. The van der Waals surface area contributed by atoms with E-state index in [9.17, 15) is 4.39 Å². The number of nitrogens with zero attached hydrogens (tertiary/aromatic N) is 1. The molecule has 2 nitrogen and oxygen atoms in total. The molecule has 2 rings (SSSR count). The molecule has 19 heavy (non-hydrogen) atoms. The summed E-state index contributed by atoms with van der Waals surface area (Å²) in [7, 11) is 0. The zero-order valence-corrected chi connectivity index (χ0v) is 11.7. The number of halogens is 2. The van der Waals surface area contributed by atoms with Crippen molar-refractivity contribution in [3.05, 3.63) is 64.7 Å². The molecule has 1 aromatic heterocycles. The van der Waals surface area contributed by atoms with Crippen LogP contribution in [0.25, 0.3) is 0 Å². The van der Waals surface area contributed by atoms with E-state index in [4.69, 9.17) is 11.6 Å². The van der Waals surface area contributed by atoms with Gasteiger partial charge in [-0.1, -0.05) is 17.7 Å². The van der Waals surface area contributed by atoms with Crippen LogP contribution < -0.4 is 5.32 Å². The SMILES string of the molecule is CC(N[C@@H](C)c1ccncc1)c1ccc(F)c(Cl)c1. The Morgan fingerprint density at radius 1 is 1.05 bits per heavy atom. The molecule has 0 aliphatic heterocycles. The molecule has 1 unspecified atom stereocenters. The van der Waals surface area contributed by atoms with Crippen LogP contribution in [-0.2, 0) is 0 Å². The summed E-state index contributed by atoms with van der Waals surface area (Å²) in [5.74, 6) is -0.389. The molecule has 0 aliphatic carbocycles. The van der Waals surface area contributed by atoms with Crippen molar-refractivity contribution in [3.8, 4) is 0 Å². The Bertz CT molecular complexity index is 545. The topological polar surface area (TPSA) is 24.9 Å². The van der Waals surface area contributed by atoms with Crippen LogP contribution in [0.4, 0.5) is 4.39 Å². The Morgan fingerprint density at radius 3 is 2.32 bits per heavy atom. The van der Waals surface area contributed by atoms with Crippen molar-refractivity contribution in [2.45, 2.75) is 25.9 Å². The largest absolute Gasteiger partial charge is 0.304 e. The van der Waals surface area contributed by atoms with Gasteiger partial charge in [-0.05, 0) is 49.2 Å². The fraction of sp³-hybridized carbons (Fsp3) is 0.267. The van der Waals surface area contributed by atoms with E-state index in [0.717, 1.165) is 11.1 Å². The quantitative estimate of drug-likeness (QED) is 0.903. The highest BCUT2D eigenvalue weighted by molar-refractivity contribution is 6.30. The fourth-order valence-corrected chi connectivity index (χ4v) is 2.19. The summed E-state index contributed by atoms with van der Waals surface area (Å²) >= 11 is 5.80. The van der Waals surface area contributed by atoms with Gasteiger partial charge in [0.25, 0.3) is 0 Å². The van der Waals surface area contributed by atoms with Gasteiger partial charge in [-0.3, -0.25) is 4.98 Å². The smallest absolute Gasteiger partial charge is 0.141 e. The Morgan fingerprint density at radius 2 is 1.68 bits per heavy atom.